The Hall–Kier alpha value is -2.82. The highest BCUT2D eigenvalue weighted by molar-refractivity contribution is 5.93. The number of hydrogen-bond donors (Lipinski definition) is 2. The van der Waals surface area contributed by atoms with E-state index in [1.54, 1.807) is 31.2 Å². The third kappa shape index (κ3) is 5.84. The monoisotopic (exact) mass is 368 g/mol. The van der Waals surface area contributed by atoms with Crippen molar-refractivity contribution in [3.05, 3.63) is 59.2 Å². The molecule has 0 bridgehead atoms. The molecule has 0 heterocycles. The second kappa shape index (κ2) is 9.76. The molecule has 5 heteroatoms. The molecular weight excluding hydrogens is 340 g/mol. The van der Waals surface area contributed by atoms with Crippen molar-refractivity contribution in [2.24, 2.45) is 0 Å². The molecule has 144 valence electrons. The third-order valence-corrected chi connectivity index (χ3v) is 4.26. The van der Waals surface area contributed by atoms with Crippen LogP contribution in [0.5, 0.6) is 0 Å². The average Bonchev–Trinajstić information content (AvgIpc) is 2.63. The molecule has 27 heavy (non-hydrogen) atoms. The van der Waals surface area contributed by atoms with Crippen LogP contribution < -0.4 is 10.6 Å². The summed E-state index contributed by atoms with van der Waals surface area (Å²) in [5, 5.41) is 6.24. The van der Waals surface area contributed by atoms with E-state index in [-0.39, 0.29) is 11.9 Å². The lowest BCUT2D eigenvalue weighted by Crippen LogP contribution is -2.17. The average molecular weight is 368 g/mol. The molecule has 0 aliphatic heterocycles. The van der Waals surface area contributed by atoms with Crippen LogP contribution in [-0.2, 0) is 9.53 Å². The number of ether oxygens (including phenoxy) is 1. The molecule has 0 aliphatic carbocycles. The Balaban J connectivity index is 1.88. The third-order valence-electron chi connectivity index (χ3n) is 4.26. The van der Waals surface area contributed by atoms with Crippen LogP contribution >= 0.6 is 0 Å². The molecule has 0 saturated carbocycles. The van der Waals surface area contributed by atoms with E-state index in [9.17, 15) is 9.59 Å². The van der Waals surface area contributed by atoms with Crippen LogP contribution in [0.4, 0.5) is 11.4 Å². The van der Waals surface area contributed by atoms with E-state index < -0.39 is 0 Å². The summed E-state index contributed by atoms with van der Waals surface area (Å²) in [5.41, 5.74) is 4.67. The lowest BCUT2D eigenvalue weighted by Gasteiger charge is -2.17. The van der Waals surface area contributed by atoms with Gasteiger partial charge in [-0.1, -0.05) is 32.0 Å². The minimum absolute atomic E-state index is 0.0777. The normalized spacial score (nSPS) is 10.6. The van der Waals surface area contributed by atoms with Gasteiger partial charge in [0.15, 0.2) is 0 Å². The molecule has 2 aromatic rings. The van der Waals surface area contributed by atoms with Crippen LogP contribution in [-0.4, -0.2) is 25.0 Å². The number of carbonyl (C=O) groups is 2. The van der Waals surface area contributed by atoms with Crippen molar-refractivity contribution in [1.29, 1.82) is 0 Å². The van der Waals surface area contributed by atoms with Gasteiger partial charge >= 0.3 is 5.97 Å². The molecule has 0 unspecified atom stereocenters. The fourth-order valence-corrected chi connectivity index (χ4v) is 2.84. The first-order valence-electron chi connectivity index (χ1n) is 9.32. The Kier molecular flexibility index (Phi) is 7.41. The van der Waals surface area contributed by atoms with E-state index in [1.807, 2.05) is 0 Å². The molecule has 0 aromatic heterocycles. The predicted molar refractivity (Wildman–Crippen MR) is 109 cm³/mol. The molecule has 0 aliphatic rings. The van der Waals surface area contributed by atoms with Crippen LogP contribution in [0.25, 0.3) is 0 Å². The van der Waals surface area contributed by atoms with Crippen LogP contribution in [0.3, 0.4) is 0 Å². The zero-order valence-corrected chi connectivity index (χ0v) is 16.5. The van der Waals surface area contributed by atoms with E-state index in [4.69, 9.17) is 4.74 Å². The molecule has 0 fully saturated rings. The summed E-state index contributed by atoms with van der Waals surface area (Å²) in [5.74, 6) is -0.0241. The molecule has 5 nitrogen and oxygen atoms in total. The SMILES string of the molecule is CCOC(=O)c1ccc(NC(=O)CCNc2c(C)cccc2C(C)C)cc1. The zero-order valence-electron chi connectivity index (χ0n) is 16.5. The first kappa shape index (κ1) is 20.5. The van der Waals surface area contributed by atoms with Gasteiger partial charge in [-0.2, -0.15) is 0 Å². The highest BCUT2D eigenvalue weighted by Gasteiger charge is 2.10. The Morgan fingerprint density at radius 1 is 1.07 bits per heavy atom. The van der Waals surface area contributed by atoms with Gasteiger partial charge in [0.2, 0.25) is 5.91 Å². The number of rotatable bonds is 8. The Morgan fingerprint density at radius 3 is 2.41 bits per heavy atom. The smallest absolute Gasteiger partial charge is 0.338 e. The molecule has 2 rings (SSSR count). The van der Waals surface area contributed by atoms with Gasteiger partial charge in [0.05, 0.1) is 12.2 Å². The topological polar surface area (TPSA) is 67.4 Å². The number of nitrogens with one attached hydrogen (secondary N) is 2. The van der Waals surface area contributed by atoms with E-state index in [0.29, 0.717) is 36.7 Å². The van der Waals surface area contributed by atoms with Gasteiger partial charge < -0.3 is 15.4 Å². The fraction of sp³-hybridized carbons (Fsp3) is 0.364. The van der Waals surface area contributed by atoms with Crippen LogP contribution in [0.1, 0.15) is 54.6 Å². The Bertz CT molecular complexity index is 783. The van der Waals surface area contributed by atoms with Gasteiger partial charge in [-0.25, -0.2) is 4.79 Å². The van der Waals surface area contributed by atoms with Gasteiger partial charge in [0, 0.05) is 24.3 Å². The molecular formula is C22H28N2O3. The van der Waals surface area contributed by atoms with Crippen LogP contribution in [0.15, 0.2) is 42.5 Å². The van der Waals surface area contributed by atoms with Crippen molar-refractivity contribution in [3.8, 4) is 0 Å². The van der Waals surface area contributed by atoms with E-state index >= 15 is 0 Å². The highest BCUT2D eigenvalue weighted by Crippen LogP contribution is 2.27. The number of benzene rings is 2. The highest BCUT2D eigenvalue weighted by atomic mass is 16.5. The summed E-state index contributed by atoms with van der Waals surface area (Å²) >= 11 is 0. The summed E-state index contributed by atoms with van der Waals surface area (Å²) < 4.78 is 4.95. The first-order valence-corrected chi connectivity index (χ1v) is 9.32. The van der Waals surface area contributed by atoms with Crippen LogP contribution in [0.2, 0.25) is 0 Å². The largest absolute Gasteiger partial charge is 0.462 e. The zero-order chi connectivity index (χ0) is 19.8. The Morgan fingerprint density at radius 2 is 1.78 bits per heavy atom. The van der Waals surface area contributed by atoms with E-state index in [1.165, 1.54) is 11.1 Å². The van der Waals surface area contributed by atoms with Crippen molar-refractivity contribution in [1.82, 2.24) is 0 Å². The van der Waals surface area contributed by atoms with Crippen molar-refractivity contribution >= 4 is 23.3 Å². The molecule has 0 radical (unpaired) electrons. The summed E-state index contributed by atoms with van der Waals surface area (Å²) in [6, 6.07) is 12.9. The number of esters is 1. The summed E-state index contributed by atoms with van der Waals surface area (Å²) in [6.07, 6.45) is 0.353. The second-order valence-corrected chi connectivity index (χ2v) is 6.72. The number of aryl methyl sites for hydroxylation is 1. The second-order valence-electron chi connectivity index (χ2n) is 6.72. The van der Waals surface area contributed by atoms with Gasteiger partial charge in [-0.05, 0) is 55.2 Å². The van der Waals surface area contributed by atoms with Crippen LogP contribution in [0, 0.1) is 6.92 Å². The van der Waals surface area contributed by atoms with Crippen molar-refractivity contribution in [2.45, 2.75) is 40.0 Å². The number of para-hydroxylation sites is 1. The summed E-state index contributed by atoms with van der Waals surface area (Å²) in [6.45, 7) is 9.04. The van der Waals surface area contributed by atoms with E-state index in [2.05, 4.69) is 49.6 Å². The van der Waals surface area contributed by atoms with Gasteiger partial charge in [0.25, 0.3) is 0 Å². The van der Waals surface area contributed by atoms with Gasteiger partial charge in [-0.3, -0.25) is 4.79 Å². The maximum Gasteiger partial charge on any atom is 0.338 e. The first-order chi connectivity index (χ1) is 12.9. The van der Waals surface area contributed by atoms with Crippen molar-refractivity contribution in [2.75, 3.05) is 23.8 Å². The fourth-order valence-electron chi connectivity index (χ4n) is 2.84. The van der Waals surface area contributed by atoms with Gasteiger partial charge in [-0.15, -0.1) is 0 Å². The Labute approximate surface area is 161 Å². The standard InChI is InChI=1S/C22H28N2O3/c1-5-27-22(26)17-9-11-18(12-10-17)24-20(25)13-14-23-21-16(4)7-6-8-19(21)15(2)3/h6-12,15,23H,5,13-14H2,1-4H3,(H,24,25). The summed E-state index contributed by atoms with van der Waals surface area (Å²) in [4.78, 5) is 23.8. The number of anilines is 2. The maximum absolute atomic E-state index is 12.2. The quantitative estimate of drug-likeness (QED) is 0.661. The summed E-state index contributed by atoms with van der Waals surface area (Å²) in [7, 11) is 0. The maximum atomic E-state index is 12.2. The molecule has 2 aromatic carbocycles. The minimum Gasteiger partial charge on any atom is -0.462 e. The molecule has 1 amide bonds. The molecule has 2 N–H and O–H groups in total. The van der Waals surface area contributed by atoms with Crippen molar-refractivity contribution < 1.29 is 14.3 Å². The molecule has 0 atom stereocenters. The number of carbonyl (C=O) groups excluding carboxylic acids is 2. The van der Waals surface area contributed by atoms with E-state index in [0.717, 1.165) is 5.69 Å². The lowest BCUT2D eigenvalue weighted by molar-refractivity contribution is -0.115. The molecule has 0 spiro atoms. The predicted octanol–water partition coefficient (Wildman–Crippen LogP) is 4.74. The minimum atomic E-state index is -0.362. The van der Waals surface area contributed by atoms with Gasteiger partial charge in [0.1, 0.15) is 0 Å². The van der Waals surface area contributed by atoms with Crippen molar-refractivity contribution in [3.63, 3.8) is 0 Å². The lowest BCUT2D eigenvalue weighted by atomic mass is 9.98. The molecule has 0 saturated heterocycles. The number of amides is 1. The number of hydrogen-bond acceptors (Lipinski definition) is 4.